The van der Waals surface area contributed by atoms with Gasteiger partial charge in [-0.3, -0.25) is 4.79 Å². The Kier molecular flexibility index (Phi) is 2.99. The molecule has 4 heteroatoms. The molecule has 3 aromatic rings. The predicted molar refractivity (Wildman–Crippen MR) is 77.6 cm³/mol. The van der Waals surface area contributed by atoms with E-state index < -0.39 is 0 Å². The van der Waals surface area contributed by atoms with Crippen molar-refractivity contribution in [3.05, 3.63) is 53.6 Å². The van der Waals surface area contributed by atoms with Gasteiger partial charge in [-0.05, 0) is 25.1 Å². The maximum atomic E-state index is 11.7. The van der Waals surface area contributed by atoms with Crippen LogP contribution in [0, 0.1) is 6.92 Å². The first kappa shape index (κ1) is 12.4. The number of rotatable bonds is 2. The Labute approximate surface area is 116 Å². The van der Waals surface area contributed by atoms with Crippen molar-refractivity contribution in [1.29, 1.82) is 0 Å². The highest BCUT2D eigenvalue weighted by Crippen LogP contribution is 2.29. The van der Waals surface area contributed by atoms with Gasteiger partial charge >= 0.3 is 0 Å². The highest BCUT2D eigenvalue weighted by Gasteiger charge is 2.13. The zero-order chi connectivity index (χ0) is 14.1. The molecule has 0 aliphatic rings. The van der Waals surface area contributed by atoms with Gasteiger partial charge in [0.15, 0.2) is 5.76 Å². The number of amides is 1. The summed E-state index contributed by atoms with van der Waals surface area (Å²) >= 11 is 0. The lowest BCUT2D eigenvalue weighted by Crippen LogP contribution is -2.17. The first-order valence-corrected chi connectivity index (χ1v) is 6.37. The molecule has 1 aromatic heterocycles. The average Bonchev–Trinajstić information content (AvgIpc) is 2.90. The number of hydrogen-bond acceptors (Lipinski definition) is 3. The van der Waals surface area contributed by atoms with Gasteiger partial charge in [0.25, 0.3) is 5.91 Å². The molecule has 1 heterocycles. The first-order chi connectivity index (χ1) is 9.69. The highest BCUT2D eigenvalue weighted by molar-refractivity contribution is 6.00. The second kappa shape index (κ2) is 4.81. The van der Waals surface area contributed by atoms with Crippen molar-refractivity contribution in [2.45, 2.75) is 6.92 Å². The van der Waals surface area contributed by atoms with Gasteiger partial charge in [0, 0.05) is 18.2 Å². The van der Waals surface area contributed by atoms with Crippen LogP contribution in [0.4, 0.5) is 0 Å². The lowest BCUT2D eigenvalue weighted by molar-refractivity contribution is 0.0963. The lowest BCUT2D eigenvalue weighted by Gasteiger charge is -2.00. The minimum absolute atomic E-state index is 0.122. The van der Waals surface area contributed by atoms with Crippen LogP contribution in [-0.2, 0) is 0 Å². The fraction of sp³-hybridized carbons (Fsp3) is 0.125. The molecular formula is C16H14N2O2. The van der Waals surface area contributed by atoms with Crippen LogP contribution in [0.25, 0.3) is 22.2 Å². The van der Waals surface area contributed by atoms with Crippen LogP contribution in [0.2, 0.25) is 0 Å². The van der Waals surface area contributed by atoms with Gasteiger partial charge in [0.1, 0.15) is 5.52 Å². The number of benzene rings is 2. The van der Waals surface area contributed by atoms with E-state index in [-0.39, 0.29) is 5.91 Å². The van der Waals surface area contributed by atoms with Gasteiger partial charge in [-0.2, -0.15) is 0 Å². The largest absolute Gasteiger partial charge is 0.355 e. The van der Waals surface area contributed by atoms with Crippen LogP contribution in [0.5, 0.6) is 0 Å². The number of carbonyl (C=O) groups excluding carboxylic acids is 1. The van der Waals surface area contributed by atoms with E-state index in [1.165, 1.54) is 5.56 Å². The molecule has 1 N–H and O–H groups in total. The van der Waals surface area contributed by atoms with Crippen molar-refractivity contribution in [1.82, 2.24) is 10.5 Å². The summed E-state index contributed by atoms with van der Waals surface area (Å²) in [5, 5.41) is 7.49. The van der Waals surface area contributed by atoms with E-state index in [0.717, 1.165) is 16.5 Å². The van der Waals surface area contributed by atoms with Crippen molar-refractivity contribution in [3.63, 3.8) is 0 Å². The molecule has 0 saturated heterocycles. The van der Waals surface area contributed by atoms with Crippen molar-refractivity contribution < 1.29 is 9.32 Å². The smallest absolute Gasteiger partial charge is 0.251 e. The zero-order valence-electron chi connectivity index (χ0n) is 11.3. The number of nitrogens with zero attached hydrogens (tertiary/aromatic N) is 1. The fourth-order valence-corrected chi connectivity index (χ4v) is 2.14. The number of nitrogens with one attached hydrogen (secondary N) is 1. The van der Waals surface area contributed by atoms with Crippen LogP contribution < -0.4 is 5.32 Å². The maximum absolute atomic E-state index is 11.7. The molecule has 0 unspecified atom stereocenters. The van der Waals surface area contributed by atoms with E-state index in [4.69, 9.17) is 4.52 Å². The summed E-state index contributed by atoms with van der Waals surface area (Å²) in [6, 6.07) is 13.4. The van der Waals surface area contributed by atoms with Crippen molar-refractivity contribution in [3.8, 4) is 11.3 Å². The Hall–Kier alpha value is -2.62. The summed E-state index contributed by atoms with van der Waals surface area (Å²) in [7, 11) is 1.61. The molecule has 0 saturated carbocycles. The summed E-state index contributed by atoms with van der Waals surface area (Å²) in [6.07, 6.45) is 0. The van der Waals surface area contributed by atoms with Gasteiger partial charge < -0.3 is 9.84 Å². The van der Waals surface area contributed by atoms with Crippen LogP contribution in [0.3, 0.4) is 0 Å². The highest BCUT2D eigenvalue weighted by atomic mass is 16.5. The SMILES string of the molecule is CNC(=O)c1ccc2noc(-c3ccc(C)cc3)c2c1. The van der Waals surface area contributed by atoms with E-state index in [1.807, 2.05) is 31.2 Å². The summed E-state index contributed by atoms with van der Waals surface area (Å²) in [6.45, 7) is 2.03. The number of carbonyl (C=O) groups is 1. The summed E-state index contributed by atoms with van der Waals surface area (Å²) in [4.78, 5) is 11.7. The molecule has 0 bridgehead atoms. The van der Waals surface area contributed by atoms with E-state index in [9.17, 15) is 4.79 Å². The lowest BCUT2D eigenvalue weighted by atomic mass is 10.0. The molecular weight excluding hydrogens is 252 g/mol. The van der Waals surface area contributed by atoms with E-state index in [1.54, 1.807) is 25.2 Å². The van der Waals surface area contributed by atoms with Crippen molar-refractivity contribution in [2.24, 2.45) is 0 Å². The van der Waals surface area contributed by atoms with Gasteiger partial charge in [-0.25, -0.2) is 0 Å². The van der Waals surface area contributed by atoms with Gasteiger partial charge in [0.2, 0.25) is 0 Å². The monoisotopic (exact) mass is 266 g/mol. The third-order valence-electron chi connectivity index (χ3n) is 3.28. The minimum Gasteiger partial charge on any atom is -0.355 e. The Bertz CT molecular complexity index is 773. The summed E-state index contributed by atoms with van der Waals surface area (Å²) < 4.78 is 5.43. The van der Waals surface area contributed by atoms with E-state index in [2.05, 4.69) is 10.5 Å². The fourth-order valence-electron chi connectivity index (χ4n) is 2.14. The molecule has 2 aromatic carbocycles. The number of hydrogen-bond donors (Lipinski definition) is 1. The second-order valence-electron chi connectivity index (χ2n) is 4.69. The molecule has 0 aliphatic carbocycles. The molecule has 3 rings (SSSR count). The Balaban J connectivity index is 2.16. The third-order valence-corrected chi connectivity index (χ3v) is 3.28. The van der Waals surface area contributed by atoms with Gasteiger partial charge in [-0.1, -0.05) is 35.0 Å². The first-order valence-electron chi connectivity index (χ1n) is 6.37. The van der Waals surface area contributed by atoms with Crippen LogP contribution in [0.15, 0.2) is 47.0 Å². The number of aromatic nitrogens is 1. The molecule has 4 nitrogen and oxygen atoms in total. The average molecular weight is 266 g/mol. The molecule has 0 radical (unpaired) electrons. The molecule has 1 amide bonds. The van der Waals surface area contributed by atoms with Gasteiger partial charge in [0.05, 0.1) is 5.39 Å². The zero-order valence-corrected chi connectivity index (χ0v) is 11.3. The molecule has 0 spiro atoms. The summed E-state index contributed by atoms with van der Waals surface area (Å²) in [5.74, 6) is 0.564. The molecule has 20 heavy (non-hydrogen) atoms. The van der Waals surface area contributed by atoms with Crippen molar-refractivity contribution in [2.75, 3.05) is 7.05 Å². The van der Waals surface area contributed by atoms with E-state index >= 15 is 0 Å². The Morgan fingerprint density at radius 2 is 1.90 bits per heavy atom. The molecule has 0 atom stereocenters. The minimum atomic E-state index is -0.122. The standard InChI is InChI=1S/C16H14N2O2/c1-10-3-5-11(6-4-10)15-13-9-12(16(19)17-2)7-8-14(13)18-20-15/h3-9H,1-2H3,(H,17,19). The predicted octanol–water partition coefficient (Wildman–Crippen LogP) is 3.16. The topological polar surface area (TPSA) is 55.1 Å². The normalized spacial score (nSPS) is 10.7. The van der Waals surface area contributed by atoms with Crippen LogP contribution in [0.1, 0.15) is 15.9 Å². The van der Waals surface area contributed by atoms with Crippen molar-refractivity contribution >= 4 is 16.8 Å². The third kappa shape index (κ3) is 2.05. The second-order valence-corrected chi connectivity index (χ2v) is 4.69. The van der Waals surface area contributed by atoms with Crippen LogP contribution in [-0.4, -0.2) is 18.1 Å². The van der Waals surface area contributed by atoms with Crippen LogP contribution >= 0.6 is 0 Å². The Morgan fingerprint density at radius 3 is 2.60 bits per heavy atom. The summed E-state index contributed by atoms with van der Waals surface area (Å²) in [5.41, 5.74) is 3.47. The maximum Gasteiger partial charge on any atom is 0.251 e. The van der Waals surface area contributed by atoms with Gasteiger partial charge in [-0.15, -0.1) is 0 Å². The molecule has 0 aliphatic heterocycles. The molecule has 100 valence electrons. The molecule has 0 fully saturated rings. The van der Waals surface area contributed by atoms with E-state index in [0.29, 0.717) is 11.3 Å². The number of fused-ring (bicyclic) bond motifs is 1. The quantitative estimate of drug-likeness (QED) is 0.775. The Morgan fingerprint density at radius 1 is 1.15 bits per heavy atom. The number of aryl methyl sites for hydroxylation is 1.